The Morgan fingerprint density at radius 1 is 0.884 bits per heavy atom. The molecule has 220 valence electrons. The Hall–Kier alpha value is -5.04. The van der Waals surface area contributed by atoms with Crippen LogP contribution >= 0.6 is 0 Å². The first kappa shape index (κ1) is 29.5. The van der Waals surface area contributed by atoms with E-state index in [4.69, 9.17) is 9.47 Å². The van der Waals surface area contributed by atoms with Crippen LogP contribution in [0.2, 0.25) is 0 Å². The zero-order valence-electron chi connectivity index (χ0n) is 24.9. The first-order chi connectivity index (χ1) is 20.9. The maximum Gasteiger partial charge on any atom is 0.300 e. The van der Waals surface area contributed by atoms with Crippen LogP contribution in [0.15, 0.2) is 103 Å². The van der Waals surface area contributed by atoms with Crippen LogP contribution in [0.4, 0.5) is 11.4 Å². The third-order valence-corrected chi connectivity index (χ3v) is 7.82. The number of carbonyl (C=O) groups excluding carboxylic acids is 2. The number of benzene rings is 4. The van der Waals surface area contributed by atoms with E-state index in [1.54, 1.807) is 49.6 Å². The second kappa shape index (κ2) is 12.9. The maximum atomic E-state index is 13.6. The van der Waals surface area contributed by atoms with Crippen LogP contribution in [0.3, 0.4) is 0 Å². The Kier molecular flexibility index (Phi) is 8.81. The normalized spacial score (nSPS) is 15.9. The number of hydrogen-bond acceptors (Lipinski definition) is 6. The summed E-state index contributed by atoms with van der Waals surface area (Å²) in [6, 6.07) is 29.1. The molecule has 0 saturated carbocycles. The monoisotopic (exact) mass is 576 g/mol. The summed E-state index contributed by atoms with van der Waals surface area (Å²) < 4.78 is 11.3. The van der Waals surface area contributed by atoms with Gasteiger partial charge in [0.25, 0.3) is 11.7 Å². The van der Waals surface area contributed by atoms with E-state index in [9.17, 15) is 14.7 Å². The van der Waals surface area contributed by atoms with Crippen LogP contribution in [0.25, 0.3) is 5.76 Å². The molecule has 1 N–H and O–H groups in total. The van der Waals surface area contributed by atoms with Gasteiger partial charge in [0, 0.05) is 30.0 Å². The predicted molar refractivity (Wildman–Crippen MR) is 170 cm³/mol. The van der Waals surface area contributed by atoms with Gasteiger partial charge < -0.3 is 19.5 Å². The van der Waals surface area contributed by atoms with E-state index in [0.717, 1.165) is 29.9 Å². The summed E-state index contributed by atoms with van der Waals surface area (Å²) in [6.45, 7) is 8.18. The van der Waals surface area contributed by atoms with Crippen LogP contribution in [0, 0.1) is 6.92 Å². The van der Waals surface area contributed by atoms with E-state index in [1.807, 2.05) is 61.5 Å². The number of ketones is 1. The van der Waals surface area contributed by atoms with E-state index in [0.29, 0.717) is 34.9 Å². The number of rotatable bonds is 10. The topological polar surface area (TPSA) is 79.3 Å². The molecule has 0 aliphatic carbocycles. The van der Waals surface area contributed by atoms with E-state index in [1.165, 1.54) is 4.90 Å². The van der Waals surface area contributed by atoms with Crippen molar-refractivity contribution < 1.29 is 24.2 Å². The summed E-state index contributed by atoms with van der Waals surface area (Å²) in [5.41, 5.74) is 4.59. The Bertz CT molecular complexity index is 1630. The number of methoxy groups -OCH3 is 1. The van der Waals surface area contributed by atoms with Gasteiger partial charge in [-0.2, -0.15) is 0 Å². The summed E-state index contributed by atoms with van der Waals surface area (Å²) >= 11 is 0. The van der Waals surface area contributed by atoms with Gasteiger partial charge >= 0.3 is 0 Å². The Balaban J connectivity index is 1.56. The molecule has 1 amide bonds. The number of Topliss-reactive ketones (excluding diaryl/α,β-unsaturated/α-hetero) is 1. The molecule has 0 radical (unpaired) electrons. The molecule has 7 nitrogen and oxygen atoms in total. The molecule has 0 bridgehead atoms. The van der Waals surface area contributed by atoms with Gasteiger partial charge in [-0.15, -0.1) is 0 Å². The van der Waals surface area contributed by atoms with Gasteiger partial charge in [0.2, 0.25) is 0 Å². The summed E-state index contributed by atoms with van der Waals surface area (Å²) in [5.74, 6) is -0.379. The Morgan fingerprint density at radius 2 is 1.56 bits per heavy atom. The number of hydrogen-bond donors (Lipinski definition) is 1. The molecule has 1 unspecified atom stereocenters. The number of aliphatic hydroxyl groups excluding tert-OH is 1. The van der Waals surface area contributed by atoms with Crippen molar-refractivity contribution in [1.82, 2.24) is 0 Å². The van der Waals surface area contributed by atoms with Crippen molar-refractivity contribution in [3.8, 4) is 11.5 Å². The molecule has 1 saturated heterocycles. The van der Waals surface area contributed by atoms with Crippen molar-refractivity contribution in [2.24, 2.45) is 0 Å². The van der Waals surface area contributed by atoms with E-state index in [2.05, 4.69) is 18.7 Å². The van der Waals surface area contributed by atoms with Crippen molar-refractivity contribution in [2.75, 3.05) is 30.0 Å². The highest BCUT2D eigenvalue weighted by atomic mass is 16.5. The second-order valence-corrected chi connectivity index (χ2v) is 10.4. The number of ether oxygens (including phenoxy) is 2. The quantitative estimate of drug-likeness (QED) is 0.124. The first-order valence-corrected chi connectivity index (χ1v) is 14.4. The largest absolute Gasteiger partial charge is 0.507 e. The van der Waals surface area contributed by atoms with Crippen LogP contribution in [0.5, 0.6) is 11.5 Å². The number of amides is 1. The molecular weight excluding hydrogens is 540 g/mol. The van der Waals surface area contributed by atoms with Gasteiger partial charge in [-0.05, 0) is 92.1 Å². The summed E-state index contributed by atoms with van der Waals surface area (Å²) in [6.07, 6.45) is 0. The van der Waals surface area contributed by atoms with Crippen LogP contribution in [-0.4, -0.2) is 37.0 Å². The van der Waals surface area contributed by atoms with Crippen molar-refractivity contribution in [3.63, 3.8) is 0 Å². The number of aryl methyl sites for hydroxylation is 1. The molecular formula is C36H36N2O5. The second-order valence-electron chi connectivity index (χ2n) is 10.4. The summed E-state index contributed by atoms with van der Waals surface area (Å²) in [7, 11) is 1.57. The van der Waals surface area contributed by atoms with Crippen molar-refractivity contribution in [3.05, 3.63) is 125 Å². The molecule has 0 spiro atoms. The molecule has 43 heavy (non-hydrogen) atoms. The molecule has 1 atom stereocenters. The zero-order chi connectivity index (χ0) is 30.5. The van der Waals surface area contributed by atoms with Crippen molar-refractivity contribution >= 4 is 28.8 Å². The highest BCUT2D eigenvalue weighted by Gasteiger charge is 2.47. The van der Waals surface area contributed by atoms with Gasteiger partial charge in [-0.1, -0.05) is 42.5 Å². The molecule has 1 aliphatic rings. The molecule has 1 fully saturated rings. The fraction of sp³-hybridized carbons (Fsp3) is 0.222. The van der Waals surface area contributed by atoms with E-state index >= 15 is 0 Å². The molecule has 4 aromatic rings. The van der Waals surface area contributed by atoms with Crippen LogP contribution in [0.1, 0.15) is 42.1 Å². The fourth-order valence-corrected chi connectivity index (χ4v) is 5.46. The van der Waals surface area contributed by atoms with Crippen molar-refractivity contribution in [2.45, 2.75) is 33.4 Å². The predicted octanol–water partition coefficient (Wildman–Crippen LogP) is 7.06. The Labute approximate surface area is 252 Å². The lowest BCUT2D eigenvalue weighted by Gasteiger charge is -2.27. The van der Waals surface area contributed by atoms with Gasteiger partial charge in [0.05, 0.1) is 18.7 Å². The van der Waals surface area contributed by atoms with E-state index in [-0.39, 0.29) is 11.3 Å². The van der Waals surface area contributed by atoms with Gasteiger partial charge in [-0.25, -0.2) is 0 Å². The SMILES string of the molecule is CCN(CC)c1ccc(C2/C(=C(/O)c3ccc(OCc4ccccc4)c(C)c3)C(=O)C(=O)N2c2ccc(OC)cc2)cc1. The average molecular weight is 577 g/mol. The van der Waals surface area contributed by atoms with Gasteiger partial charge in [-0.3, -0.25) is 14.5 Å². The molecule has 1 aliphatic heterocycles. The summed E-state index contributed by atoms with van der Waals surface area (Å²) in [4.78, 5) is 30.9. The van der Waals surface area contributed by atoms with Crippen molar-refractivity contribution in [1.29, 1.82) is 0 Å². The zero-order valence-corrected chi connectivity index (χ0v) is 24.9. The standard InChI is InChI=1S/C36H36N2O5/c1-5-37(6-2)28-15-12-26(13-16-28)33-32(35(40)36(41)38(33)29-17-19-30(42-4)20-18-29)34(39)27-14-21-31(24(3)22-27)43-23-25-10-8-7-9-11-25/h7-22,33,39H,5-6,23H2,1-4H3/b34-32-. The minimum atomic E-state index is -0.825. The molecule has 0 aromatic heterocycles. The smallest absolute Gasteiger partial charge is 0.300 e. The van der Waals surface area contributed by atoms with Crippen LogP contribution in [-0.2, 0) is 16.2 Å². The molecule has 7 heteroatoms. The minimum Gasteiger partial charge on any atom is -0.507 e. The third-order valence-electron chi connectivity index (χ3n) is 7.82. The highest BCUT2D eigenvalue weighted by Crippen LogP contribution is 2.43. The first-order valence-electron chi connectivity index (χ1n) is 14.4. The lowest BCUT2D eigenvalue weighted by molar-refractivity contribution is -0.132. The van der Waals surface area contributed by atoms with Gasteiger partial charge in [0.1, 0.15) is 23.9 Å². The number of carbonyl (C=O) groups is 2. The molecule has 5 rings (SSSR count). The maximum absolute atomic E-state index is 13.6. The lowest BCUT2D eigenvalue weighted by atomic mass is 9.94. The van der Waals surface area contributed by atoms with E-state index < -0.39 is 17.7 Å². The summed E-state index contributed by atoms with van der Waals surface area (Å²) in [5, 5.41) is 11.6. The highest BCUT2D eigenvalue weighted by molar-refractivity contribution is 6.51. The molecule has 4 aromatic carbocycles. The average Bonchev–Trinajstić information content (AvgIpc) is 3.31. The lowest BCUT2D eigenvalue weighted by Crippen LogP contribution is -2.29. The minimum absolute atomic E-state index is 0.0359. The molecule has 1 heterocycles. The van der Waals surface area contributed by atoms with Crippen LogP contribution < -0.4 is 19.3 Å². The Morgan fingerprint density at radius 3 is 2.16 bits per heavy atom. The number of aliphatic hydroxyl groups is 1. The third kappa shape index (κ3) is 5.97. The number of nitrogens with zero attached hydrogens (tertiary/aromatic N) is 2. The number of anilines is 2. The van der Waals surface area contributed by atoms with Gasteiger partial charge in [0.15, 0.2) is 0 Å². The fourth-order valence-electron chi connectivity index (χ4n) is 5.46.